The number of phenols is 2. The van der Waals surface area contributed by atoms with Crippen LogP contribution in [0, 0.1) is 11.8 Å². The molecule has 0 aliphatic rings. The molecule has 4 aromatic rings. The van der Waals surface area contributed by atoms with Crippen molar-refractivity contribution in [3.05, 3.63) is 94.0 Å². The summed E-state index contributed by atoms with van der Waals surface area (Å²) in [5, 5.41) is 42.3. The fourth-order valence-corrected chi connectivity index (χ4v) is 5.47. The Morgan fingerprint density at radius 2 is 0.943 bits per heavy atom. The van der Waals surface area contributed by atoms with Gasteiger partial charge in [0.05, 0.1) is 11.4 Å². The molecule has 0 fully saturated rings. The van der Waals surface area contributed by atoms with E-state index in [2.05, 4.69) is 91.8 Å². The van der Waals surface area contributed by atoms with E-state index in [1.54, 1.807) is 12.4 Å². The number of fused-ring (bicyclic) bond motifs is 1. The zero-order valence-corrected chi connectivity index (χ0v) is 33.9. The van der Waals surface area contributed by atoms with Gasteiger partial charge in [-0.15, -0.1) is 0 Å². The second-order valence-corrected chi connectivity index (χ2v) is 14.6. The molecule has 0 saturated heterocycles. The molecule has 53 heavy (non-hydrogen) atoms. The average Bonchev–Trinajstić information content (AvgIpc) is 3.05. The Bertz CT molecular complexity index is 1720. The summed E-state index contributed by atoms with van der Waals surface area (Å²) in [5.74, 6) is 0.00430. The molecule has 9 heteroatoms. The van der Waals surface area contributed by atoms with Gasteiger partial charge in [0.25, 0.3) is 0 Å². The van der Waals surface area contributed by atoms with Crippen LogP contribution in [0.15, 0.2) is 70.6 Å². The minimum atomic E-state index is -1.08. The van der Waals surface area contributed by atoms with E-state index in [-0.39, 0.29) is 40.1 Å². The Balaban J connectivity index is 0.00000142. The maximum Gasteiger partial charge on any atom is 2.00 e. The Morgan fingerprint density at radius 3 is 1.23 bits per heavy atom. The van der Waals surface area contributed by atoms with Crippen LogP contribution in [0.3, 0.4) is 0 Å². The molecular formula is C44H56CoN2O6. The number of aliphatic imine (C=N–C) groups is 2. The van der Waals surface area contributed by atoms with Crippen molar-refractivity contribution < 1.29 is 46.8 Å². The summed E-state index contributed by atoms with van der Waals surface area (Å²) in [7, 11) is 0. The van der Waals surface area contributed by atoms with Gasteiger partial charge in [0, 0.05) is 35.5 Å². The third-order valence-corrected chi connectivity index (χ3v) is 8.25. The van der Waals surface area contributed by atoms with Crippen molar-refractivity contribution in [2.45, 2.75) is 107 Å². The van der Waals surface area contributed by atoms with Crippen LogP contribution in [0.25, 0.3) is 10.8 Å². The van der Waals surface area contributed by atoms with Crippen molar-refractivity contribution in [2.75, 3.05) is 0 Å². The van der Waals surface area contributed by atoms with E-state index < -0.39 is 11.9 Å². The van der Waals surface area contributed by atoms with E-state index in [4.69, 9.17) is 29.8 Å². The van der Waals surface area contributed by atoms with Crippen LogP contribution in [-0.4, -0.2) is 34.6 Å². The van der Waals surface area contributed by atoms with Crippen molar-refractivity contribution in [3.8, 4) is 11.5 Å². The molecule has 0 unspecified atom stereocenters. The molecule has 0 saturated carbocycles. The third kappa shape index (κ3) is 16.0. The largest absolute Gasteiger partial charge is 2.00 e. The Kier molecular flexibility index (Phi) is 19.8. The summed E-state index contributed by atoms with van der Waals surface area (Å²) in [5.41, 5.74) is 7.16. The Morgan fingerprint density at radius 1 is 0.623 bits per heavy atom. The molecule has 4 aromatic carbocycles. The zero-order valence-electron chi connectivity index (χ0n) is 32.8. The van der Waals surface area contributed by atoms with Gasteiger partial charge < -0.3 is 30.0 Å². The molecule has 0 heterocycles. The molecule has 0 aromatic heterocycles. The summed E-state index contributed by atoms with van der Waals surface area (Å²) in [4.78, 5) is 27.6. The van der Waals surface area contributed by atoms with Crippen LogP contribution in [-0.2, 0) is 39.2 Å². The molecule has 0 spiro atoms. The SMILES string of the molecule is CC(=O)[O-].CC(=O)[O-].CC(C)CCc1cc(C=Nc2cc3ccccc3cc2N=Cc2cc(CCC(C)C)cc(C(C)C)c2O)c(O)c(C(C)C)c1.[Co+2]. The van der Waals surface area contributed by atoms with Gasteiger partial charge >= 0.3 is 16.8 Å². The number of carbonyl (C=O) groups is 2. The number of hydrogen-bond acceptors (Lipinski definition) is 8. The fraction of sp³-hybridized carbons (Fsp3) is 0.409. The number of benzene rings is 4. The van der Waals surface area contributed by atoms with Gasteiger partial charge in [-0.2, -0.15) is 0 Å². The number of aromatic hydroxyl groups is 2. The van der Waals surface area contributed by atoms with E-state index >= 15 is 0 Å². The van der Waals surface area contributed by atoms with Crippen LogP contribution in [0.5, 0.6) is 11.5 Å². The number of carbonyl (C=O) groups excluding carboxylic acids is 2. The normalized spacial score (nSPS) is 11.2. The van der Waals surface area contributed by atoms with Crippen LogP contribution in [0.2, 0.25) is 0 Å². The molecule has 8 nitrogen and oxygen atoms in total. The monoisotopic (exact) mass is 767 g/mol. The van der Waals surface area contributed by atoms with Gasteiger partial charge in [0.1, 0.15) is 11.5 Å². The van der Waals surface area contributed by atoms with Crippen LogP contribution < -0.4 is 10.2 Å². The molecule has 2 N–H and O–H groups in total. The number of hydrogen-bond donors (Lipinski definition) is 2. The minimum absolute atomic E-state index is 0. The topological polar surface area (TPSA) is 145 Å². The standard InChI is InChI=1S/C40H50N2O2.2C2H4O2.Co/c1-25(2)13-15-29-17-33(39(43)35(19-29)27(5)6)23-41-37-21-31-11-9-10-12-32(31)22-38(37)42-24-34-18-30(16-14-26(3)4)20-36(28(7)8)40(34)44;2*1-2(3)4;/h9-12,17-28,43-44H,13-16H2,1-8H3;2*1H3,(H,3,4);/q;;;+2/p-2. The summed E-state index contributed by atoms with van der Waals surface area (Å²) >= 11 is 0. The predicted molar refractivity (Wildman–Crippen MR) is 211 cm³/mol. The van der Waals surface area contributed by atoms with E-state index in [0.717, 1.165) is 72.6 Å². The molecule has 4 rings (SSSR count). The van der Waals surface area contributed by atoms with Gasteiger partial charge in [0.2, 0.25) is 0 Å². The van der Waals surface area contributed by atoms with Crippen LogP contribution in [0.1, 0.15) is 127 Å². The van der Waals surface area contributed by atoms with Gasteiger partial charge in [-0.1, -0.05) is 91.8 Å². The third-order valence-electron chi connectivity index (χ3n) is 8.25. The number of aryl methyl sites for hydroxylation is 2. The summed E-state index contributed by atoms with van der Waals surface area (Å²) in [6, 6.07) is 20.7. The van der Waals surface area contributed by atoms with Gasteiger partial charge in [-0.3, -0.25) is 9.98 Å². The first-order valence-corrected chi connectivity index (χ1v) is 18.1. The van der Waals surface area contributed by atoms with Gasteiger partial charge in [-0.25, -0.2) is 0 Å². The first-order chi connectivity index (χ1) is 24.4. The number of rotatable bonds is 12. The molecule has 0 aliphatic heterocycles. The summed E-state index contributed by atoms with van der Waals surface area (Å²) in [6.45, 7) is 19.3. The number of aliphatic carboxylic acids is 2. The van der Waals surface area contributed by atoms with Crippen molar-refractivity contribution in [1.29, 1.82) is 0 Å². The Hall–Kier alpha value is -4.47. The smallest absolute Gasteiger partial charge is 0.550 e. The number of phenolic OH excluding ortho intramolecular Hbond substituents is 2. The van der Waals surface area contributed by atoms with E-state index in [0.29, 0.717) is 23.2 Å². The fourth-order valence-electron chi connectivity index (χ4n) is 5.47. The zero-order chi connectivity index (χ0) is 39.1. The molecular weight excluding hydrogens is 711 g/mol. The summed E-state index contributed by atoms with van der Waals surface area (Å²) < 4.78 is 0. The van der Waals surface area contributed by atoms with E-state index in [1.165, 1.54) is 11.1 Å². The molecule has 1 radical (unpaired) electrons. The summed E-state index contributed by atoms with van der Waals surface area (Å²) in [6.07, 6.45) is 7.64. The van der Waals surface area contributed by atoms with Crippen LogP contribution in [0.4, 0.5) is 11.4 Å². The molecule has 0 aliphatic carbocycles. The second kappa shape index (κ2) is 22.6. The predicted octanol–water partition coefficient (Wildman–Crippen LogP) is 8.69. The van der Waals surface area contributed by atoms with Crippen molar-refractivity contribution in [3.63, 3.8) is 0 Å². The van der Waals surface area contributed by atoms with Crippen molar-refractivity contribution in [2.24, 2.45) is 21.8 Å². The van der Waals surface area contributed by atoms with E-state index in [9.17, 15) is 10.2 Å². The van der Waals surface area contributed by atoms with Crippen molar-refractivity contribution >= 4 is 46.5 Å². The maximum atomic E-state index is 11.2. The molecule has 287 valence electrons. The van der Waals surface area contributed by atoms with Crippen molar-refractivity contribution in [1.82, 2.24) is 0 Å². The molecule has 0 amide bonds. The number of nitrogens with zero attached hydrogens (tertiary/aromatic N) is 2. The molecule has 0 atom stereocenters. The quantitative estimate of drug-likeness (QED) is 0.138. The first-order valence-electron chi connectivity index (χ1n) is 18.1. The number of carboxylic acids is 2. The maximum absolute atomic E-state index is 11.2. The first kappa shape index (κ1) is 46.5. The number of carboxylic acid groups (broad SMARTS) is 2. The minimum Gasteiger partial charge on any atom is -0.550 e. The Labute approximate surface area is 326 Å². The van der Waals surface area contributed by atoms with Gasteiger partial charge in [0.15, 0.2) is 0 Å². The average molecular weight is 768 g/mol. The van der Waals surface area contributed by atoms with Crippen LogP contribution >= 0.6 is 0 Å². The van der Waals surface area contributed by atoms with E-state index in [1.807, 2.05) is 24.3 Å². The van der Waals surface area contributed by atoms with Gasteiger partial charge in [-0.05, 0) is 120 Å². The molecule has 0 bridgehead atoms. The second-order valence-electron chi connectivity index (χ2n) is 14.6.